The number of hydrogen-bond acceptors (Lipinski definition) is 6. The van der Waals surface area contributed by atoms with Gasteiger partial charge in [0, 0.05) is 55.9 Å². The van der Waals surface area contributed by atoms with E-state index in [4.69, 9.17) is 9.84 Å². The number of piperidine rings is 1. The molecule has 0 radical (unpaired) electrons. The molecular weight excluding hydrogens is 494 g/mol. The van der Waals surface area contributed by atoms with Gasteiger partial charge in [0.05, 0.1) is 24.0 Å². The topological polar surface area (TPSA) is 101 Å². The van der Waals surface area contributed by atoms with Gasteiger partial charge in [0.2, 0.25) is 5.91 Å². The average molecular weight is 530 g/mol. The van der Waals surface area contributed by atoms with Crippen LogP contribution < -0.4 is 9.80 Å². The first-order valence-corrected chi connectivity index (χ1v) is 14.0. The van der Waals surface area contributed by atoms with E-state index >= 15 is 0 Å². The maximum Gasteiger partial charge on any atom is 0.264 e. The summed E-state index contributed by atoms with van der Waals surface area (Å²) in [6, 6.07) is 16.0. The van der Waals surface area contributed by atoms with Crippen molar-refractivity contribution >= 4 is 23.2 Å². The van der Waals surface area contributed by atoms with E-state index in [0.717, 1.165) is 60.4 Å². The fraction of sp³-hybridized carbons (Fsp3) is 0.467. The van der Waals surface area contributed by atoms with E-state index in [1.54, 1.807) is 4.68 Å². The van der Waals surface area contributed by atoms with E-state index < -0.39 is 5.60 Å². The lowest BCUT2D eigenvalue weighted by molar-refractivity contribution is -0.146. The lowest BCUT2D eigenvalue weighted by Crippen LogP contribution is -2.43. The van der Waals surface area contributed by atoms with Crippen LogP contribution in [-0.2, 0) is 39.4 Å². The van der Waals surface area contributed by atoms with Gasteiger partial charge in [-0.15, -0.1) is 5.10 Å². The number of carbonyl (C=O) groups is 2. The third-order valence-corrected chi connectivity index (χ3v) is 8.37. The smallest absolute Gasteiger partial charge is 0.264 e. The number of hydrogen-bond donors (Lipinski definition) is 1. The van der Waals surface area contributed by atoms with Crippen LogP contribution in [0.2, 0.25) is 0 Å². The van der Waals surface area contributed by atoms with Gasteiger partial charge in [-0.3, -0.25) is 14.3 Å². The molecule has 2 saturated heterocycles. The van der Waals surface area contributed by atoms with Gasteiger partial charge in [0.1, 0.15) is 0 Å². The summed E-state index contributed by atoms with van der Waals surface area (Å²) < 4.78 is 8.46. The molecule has 3 aliphatic rings. The van der Waals surface area contributed by atoms with Gasteiger partial charge in [-0.05, 0) is 49.4 Å². The Balaban J connectivity index is 1.19. The summed E-state index contributed by atoms with van der Waals surface area (Å²) in [5.41, 5.74) is 3.53. The van der Waals surface area contributed by atoms with Crippen LogP contribution in [0.15, 0.2) is 54.7 Å². The summed E-state index contributed by atoms with van der Waals surface area (Å²) >= 11 is 0. The lowest BCUT2D eigenvalue weighted by Gasteiger charge is -2.28. The van der Waals surface area contributed by atoms with Crippen LogP contribution in [0.4, 0.5) is 11.4 Å². The Morgan fingerprint density at radius 1 is 1.10 bits per heavy atom. The fourth-order valence-electron chi connectivity index (χ4n) is 6.36. The molecule has 204 valence electrons. The van der Waals surface area contributed by atoms with E-state index in [-0.39, 0.29) is 30.4 Å². The maximum atomic E-state index is 14.2. The van der Waals surface area contributed by atoms with Crippen molar-refractivity contribution in [2.24, 2.45) is 5.92 Å². The van der Waals surface area contributed by atoms with E-state index in [0.29, 0.717) is 25.9 Å². The molecule has 2 fully saturated rings. The molecule has 1 N–H and O–H groups in total. The number of aryl methyl sites for hydroxylation is 1. The number of fused-ring (bicyclic) bond motifs is 2. The lowest BCUT2D eigenvalue weighted by atomic mass is 9.83. The summed E-state index contributed by atoms with van der Waals surface area (Å²) in [7, 11) is 0. The minimum Gasteiger partial charge on any atom is -0.396 e. The molecule has 0 bridgehead atoms. The molecule has 3 aliphatic heterocycles. The summed E-state index contributed by atoms with van der Waals surface area (Å²) in [5.74, 6) is 0.185. The molecule has 0 unspecified atom stereocenters. The minimum atomic E-state index is -0.994. The molecule has 39 heavy (non-hydrogen) atoms. The zero-order valence-electron chi connectivity index (χ0n) is 22.3. The molecule has 1 spiro atoms. The zero-order chi connectivity index (χ0) is 27.0. The molecule has 0 aliphatic carbocycles. The highest BCUT2D eigenvalue weighted by atomic mass is 16.5. The molecule has 2 aromatic carbocycles. The maximum absolute atomic E-state index is 14.2. The second-order valence-corrected chi connectivity index (χ2v) is 10.9. The Labute approximate surface area is 228 Å². The van der Waals surface area contributed by atoms with Gasteiger partial charge >= 0.3 is 0 Å². The first kappa shape index (κ1) is 25.7. The third kappa shape index (κ3) is 4.63. The Bertz CT molecular complexity index is 1360. The standard InChI is InChI=1S/C30H35N5O4/c1-21-18-25(13-16-33-20-23(14-17-36)31-32-33)39-30(21)26-6-2-3-7-27(26)35(29(30)38)19-22-9-11-24(12-10-22)34-15-5-4-8-28(34)37/h2-3,6-7,9-12,20-21,25,36H,4-5,8,13-19H2,1H3/t21-,25+,30+/m1/s1. The Morgan fingerprint density at radius 2 is 1.92 bits per heavy atom. The SMILES string of the molecule is C[C@@H]1C[C@H](CCn2cc(CCO)nn2)O[C@@]12C(=O)N(Cc1ccc(N3CCCCC3=O)cc1)c1ccccc12. The number of benzene rings is 2. The number of aliphatic hydroxyl groups is 1. The van der Waals surface area contributed by atoms with Crippen LogP contribution in [0.5, 0.6) is 0 Å². The molecule has 2 amide bonds. The quantitative estimate of drug-likeness (QED) is 0.479. The van der Waals surface area contributed by atoms with Crippen LogP contribution >= 0.6 is 0 Å². The van der Waals surface area contributed by atoms with Crippen molar-refractivity contribution in [1.82, 2.24) is 15.0 Å². The Morgan fingerprint density at radius 3 is 2.72 bits per heavy atom. The second kappa shape index (κ2) is 10.5. The van der Waals surface area contributed by atoms with Crippen molar-refractivity contribution in [3.05, 3.63) is 71.5 Å². The first-order chi connectivity index (χ1) is 19.0. The summed E-state index contributed by atoms with van der Waals surface area (Å²) in [6.07, 6.45) is 6.35. The monoisotopic (exact) mass is 529 g/mol. The number of carbonyl (C=O) groups excluding carboxylic acids is 2. The van der Waals surface area contributed by atoms with E-state index in [1.165, 1.54) is 0 Å². The van der Waals surface area contributed by atoms with Gasteiger partial charge in [0.15, 0.2) is 5.60 Å². The third-order valence-electron chi connectivity index (χ3n) is 8.37. The number of rotatable bonds is 8. The van der Waals surface area contributed by atoms with Crippen molar-refractivity contribution in [2.75, 3.05) is 23.0 Å². The van der Waals surface area contributed by atoms with Crippen LogP contribution in [-0.4, -0.2) is 51.2 Å². The number of aromatic nitrogens is 3. The number of anilines is 2. The van der Waals surface area contributed by atoms with Crippen molar-refractivity contribution in [3.63, 3.8) is 0 Å². The molecule has 3 atom stereocenters. The molecule has 9 heteroatoms. The normalized spacial score (nSPS) is 24.7. The van der Waals surface area contributed by atoms with Crippen molar-refractivity contribution in [2.45, 2.75) is 70.2 Å². The molecular formula is C30H35N5O4. The highest BCUT2D eigenvalue weighted by Crippen LogP contribution is 2.53. The summed E-state index contributed by atoms with van der Waals surface area (Å²) in [6.45, 7) is 3.99. The van der Waals surface area contributed by atoms with Crippen molar-refractivity contribution in [3.8, 4) is 0 Å². The average Bonchev–Trinajstić information content (AvgIpc) is 3.61. The Hall–Kier alpha value is -3.56. The largest absolute Gasteiger partial charge is 0.396 e. The molecule has 9 nitrogen and oxygen atoms in total. The first-order valence-electron chi connectivity index (χ1n) is 14.0. The highest BCUT2D eigenvalue weighted by Gasteiger charge is 2.59. The van der Waals surface area contributed by atoms with Crippen molar-refractivity contribution in [1.29, 1.82) is 0 Å². The number of ether oxygens (including phenoxy) is 1. The van der Waals surface area contributed by atoms with E-state index in [2.05, 4.69) is 17.2 Å². The highest BCUT2D eigenvalue weighted by molar-refractivity contribution is 6.07. The van der Waals surface area contributed by atoms with Crippen LogP contribution in [0.1, 0.15) is 55.8 Å². The van der Waals surface area contributed by atoms with Crippen LogP contribution in [0.25, 0.3) is 0 Å². The fourth-order valence-corrected chi connectivity index (χ4v) is 6.36. The zero-order valence-corrected chi connectivity index (χ0v) is 22.3. The predicted molar refractivity (Wildman–Crippen MR) is 146 cm³/mol. The number of para-hydroxylation sites is 1. The van der Waals surface area contributed by atoms with Crippen molar-refractivity contribution < 1.29 is 19.4 Å². The Kier molecular flexibility index (Phi) is 6.95. The predicted octanol–water partition coefficient (Wildman–Crippen LogP) is 3.59. The van der Waals surface area contributed by atoms with Gasteiger partial charge in [-0.25, -0.2) is 0 Å². The molecule has 1 aromatic heterocycles. The minimum absolute atomic E-state index is 0.0139. The number of aliphatic hydroxyl groups excluding tert-OH is 1. The van der Waals surface area contributed by atoms with Gasteiger partial charge < -0.3 is 19.6 Å². The molecule has 0 saturated carbocycles. The summed E-state index contributed by atoms with van der Waals surface area (Å²) in [5, 5.41) is 17.4. The number of nitrogens with zero attached hydrogens (tertiary/aromatic N) is 5. The van der Waals surface area contributed by atoms with Crippen LogP contribution in [0.3, 0.4) is 0 Å². The van der Waals surface area contributed by atoms with E-state index in [1.807, 2.05) is 64.5 Å². The van der Waals surface area contributed by atoms with Gasteiger partial charge in [-0.2, -0.15) is 0 Å². The number of amides is 2. The molecule has 4 heterocycles. The van der Waals surface area contributed by atoms with Gasteiger partial charge in [0.25, 0.3) is 5.91 Å². The molecule has 3 aromatic rings. The van der Waals surface area contributed by atoms with Crippen LogP contribution in [0, 0.1) is 5.92 Å². The second-order valence-electron chi connectivity index (χ2n) is 10.9. The molecule has 6 rings (SSSR count). The summed E-state index contributed by atoms with van der Waals surface area (Å²) in [4.78, 5) is 30.2. The van der Waals surface area contributed by atoms with Gasteiger partial charge in [-0.1, -0.05) is 42.5 Å². The van der Waals surface area contributed by atoms with E-state index in [9.17, 15) is 9.59 Å².